The van der Waals surface area contributed by atoms with Gasteiger partial charge in [0.2, 0.25) is 11.8 Å². The first-order valence-electron chi connectivity index (χ1n) is 7.99. The highest BCUT2D eigenvalue weighted by atomic mass is 32.2. The van der Waals surface area contributed by atoms with Crippen molar-refractivity contribution >= 4 is 33.2 Å². The van der Waals surface area contributed by atoms with Gasteiger partial charge in [-0.1, -0.05) is 6.42 Å². The molecule has 0 bridgehead atoms. The molecule has 0 atom stereocenters. The van der Waals surface area contributed by atoms with Crippen molar-refractivity contribution in [3.05, 3.63) is 17.0 Å². The fourth-order valence-electron chi connectivity index (χ4n) is 2.49. The zero-order chi connectivity index (χ0) is 17.6. The molecule has 1 saturated heterocycles. The second-order valence-corrected chi connectivity index (χ2v) is 9.03. The van der Waals surface area contributed by atoms with Gasteiger partial charge in [-0.15, -0.1) is 11.3 Å². The number of rotatable bonds is 7. The van der Waals surface area contributed by atoms with Gasteiger partial charge in [0.05, 0.1) is 6.42 Å². The van der Waals surface area contributed by atoms with Crippen LogP contribution in [0.3, 0.4) is 0 Å². The molecule has 0 radical (unpaired) electrons. The Morgan fingerprint density at radius 3 is 2.46 bits per heavy atom. The minimum absolute atomic E-state index is 0.139. The number of hydrogen-bond donors (Lipinski definition) is 2. The third-order valence-corrected chi connectivity index (χ3v) is 7.15. The van der Waals surface area contributed by atoms with E-state index in [-0.39, 0.29) is 18.2 Å². The summed E-state index contributed by atoms with van der Waals surface area (Å²) in [6, 6.07) is 3.27. The molecule has 0 unspecified atom stereocenters. The molecule has 24 heavy (non-hydrogen) atoms. The van der Waals surface area contributed by atoms with Gasteiger partial charge in [0.1, 0.15) is 4.21 Å². The van der Waals surface area contributed by atoms with Crippen molar-refractivity contribution < 1.29 is 18.0 Å². The van der Waals surface area contributed by atoms with Crippen molar-refractivity contribution in [2.45, 2.75) is 36.8 Å². The molecule has 1 aromatic rings. The standard InChI is InChI=1S/C15H23N3O4S2/c1-12(19)16-7-8-17-14(20)11-13-5-6-15(23-13)24(21,22)18-9-3-2-4-10-18/h5-6H,2-4,7-11H2,1H3,(H,16,19)(H,17,20). The summed E-state index contributed by atoms with van der Waals surface area (Å²) < 4.78 is 26.9. The Labute approximate surface area is 146 Å². The minimum atomic E-state index is -3.43. The summed E-state index contributed by atoms with van der Waals surface area (Å²) in [6.45, 7) is 3.28. The number of hydrogen-bond acceptors (Lipinski definition) is 5. The number of amides is 2. The van der Waals surface area contributed by atoms with Crippen molar-refractivity contribution in [2.24, 2.45) is 0 Å². The van der Waals surface area contributed by atoms with E-state index >= 15 is 0 Å². The Kier molecular flexibility index (Phi) is 6.76. The van der Waals surface area contributed by atoms with E-state index in [9.17, 15) is 18.0 Å². The molecule has 2 amide bonds. The summed E-state index contributed by atoms with van der Waals surface area (Å²) in [4.78, 5) is 23.3. The van der Waals surface area contributed by atoms with Crippen LogP contribution in [-0.4, -0.2) is 50.7 Å². The quantitative estimate of drug-likeness (QED) is 0.689. The van der Waals surface area contributed by atoms with Gasteiger partial charge >= 0.3 is 0 Å². The summed E-state index contributed by atoms with van der Waals surface area (Å²) in [5, 5.41) is 5.28. The molecule has 0 saturated carbocycles. The first-order chi connectivity index (χ1) is 11.4. The topological polar surface area (TPSA) is 95.6 Å². The number of sulfonamides is 1. The van der Waals surface area contributed by atoms with Crippen LogP contribution in [0.5, 0.6) is 0 Å². The van der Waals surface area contributed by atoms with E-state index in [1.165, 1.54) is 11.2 Å². The molecule has 134 valence electrons. The lowest BCUT2D eigenvalue weighted by Crippen LogP contribution is -2.35. The summed E-state index contributed by atoms with van der Waals surface area (Å²) in [5.41, 5.74) is 0. The molecule has 9 heteroatoms. The molecule has 1 fully saturated rings. The van der Waals surface area contributed by atoms with E-state index in [1.54, 1.807) is 12.1 Å². The van der Waals surface area contributed by atoms with Gasteiger partial charge < -0.3 is 10.6 Å². The van der Waals surface area contributed by atoms with Gasteiger partial charge in [-0.2, -0.15) is 4.31 Å². The zero-order valence-electron chi connectivity index (χ0n) is 13.7. The van der Waals surface area contributed by atoms with Crippen LogP contribution in [0.25, 0.3) is 0 Å². The normalized spacial score (nSPS) is 15.9. The van der Waals surface area contributed by atoms with Crippen LogP contribution in [0.2, 0.25) is 0 Å². The van der Waals surface area contributed by atoms with Gasteiger partial charge in [0, 0.05) is 38.0 Å². The lowest BCUT2D eigenvalue weighted by molar-refractivity contribution is -0.121. The predicted octanol–water partition coefficient (Wildman–Crippen LogP) is 0.717. The van der Waals surface area contributed by atoms with Gasteiger partial charge in [-0.3, -0.25) is 9.59 Å². The highest BCUT2D eigenvalue weighted by molar-refractivity contribution is 7.91. The maximum Gasteiger partial charge on any atom is 0.252 e. The highest BCUT2D eigenvalue weighted by Crippen LogP contribution is 2.27. The Morgan fingerprint density at radius 1 is 1.12 bits per heavy atom. The SMILES string of the molecule is CC(=O)NCCNC(=O)Cc1ccc(S(=O)(=O)N2CCCCC2)s1. The van der Waals surface area contributed by atoms with Gasteiger partial charge in [0.15, 0.2) is 0 Å². The average Bonchev–Trinajstić information content (AvgIpc) is 3.01. The van der Waals surface area contributed by atoms with Crippen molar-refractivity contribution in [2.75, 3.05) is 26.2 Å². The van der Waals surface area contributed by atoms with Crippen molar-refractivity contribution in [1.29, 1.82) is 0 Å². The van der Waals surface area contributed by atoms with Gasteiger partial charge in [0.25, 0.3) is 10.0 Å². The molecule has 1 aromatic heterocycles. The third kappa shape index (κ3) is 5.29. The number of carbonyl (C=O) groups is 2. The molecular formula is C15H23N3O4S2. The summed E-state index contributed by atoms with van der Waals surface area (Å²) in [5.74, 6) is -0.334. The first kappa shape index (κ1) is 18.9. The number of piperidine rings is 1. The lowest BCUT2D eigenvalue weighted by atomic mass is 10.2. The van der Waals surface area contributed by atoms with E-state index in [4.69, 9.17) is 0 Å². The largest absolute Gasteiger partial charge is 0.355 e. The Bertz CT molecular complexity index is 679. The predicted molar refractivity (Wildman–Crippen MR) is 92.3 cm³/mol. The molecule has 0 aromatic carbocycles. The number of nitrogens with one attached hydrogen (secondary N) is 2. The fourth-order valence-corrected chi connectivity index (χ4v) is 5.51. The molecular weight excluding hydrogens is 350 g/mol. The van der Waals surface area contributed by atoms with Crippen LogP contribution in [-0.2, 0) is 26.0 Å². The van der Waals surface area contributed by atoms with Crippen LogP contribution < -0.4 is 10.6 Å². The van der Waals surface area contributed by atoms with Crippen LogP contribution in [0.4, 0.5) is 0 Å². The van der Waals surface area contributed by atoms with Crippen molar-refractivity contribution in [1.82, 2.24) is 14.9 Å². The maximum atomic E-state index is 12.6. The number of nitrogens with zero attached hydrogens (tertiary/aromatic N) is 1. The number of thiophene rings is 1. The van der Waals surface area contributed by atoms with E-state index in [0.29, 0.717) is 35.3 Å². The summed E-state index contributed by atoms with van der Waals surface area (Å²) in [6.07, 6.45) is 3.00. The Balaban J connectivity index is 1.88. The van der Waals surface area contributed by atoms with Crippen molar-refractivity contribution in [3.63, 3.8) is 0 Å². The Morgan fingerprint density at radius 2 is 1.79 bits per heavy atom. The minimum Gasteiger partial charge on any atom is -0.355 e. The second-order valence-electron chi connectivity index (χ2n) is 5.70. The lowest BCUT2D eigenvalue weighted by Gasteiger charge is -2.25. The summed E-state index contributed by atoms with van der Waals surface area (Å²) >= 11 is 1.15. The zero-order valence-corrected chi connectivity index (χ0v) is 15.3. The van der Waals surface area contributed by atoms with Crippen LogP contribution in [0, 0.1) is 0 Å². The maximum absolute atomic E-state index is 12.6. The van der Waals surface area contributed by atoms with E-state index in [0.717, 1.165) is 30.6 Å². The molecule has 1 aliphatic rings. The third-order valence-electron chi connectivity index (χ3n) is 3.70. The molecule has 2 N–H and O–H groups in total. The van der Waals surface area contributed by atoms with Gasteiger partial charge in [-0.25, -0.2) is 8.42 Å². The van der Waals surface area contributed by atoms with Crippen LogP contribution in [0.15, 0.2) is 16.3 Å². The molecule has 2 heterocycles. The molecule has 0 aliphatic carbocycles. The van der Waals surface area contributed by atoms with E-state index in [2.05, 4.69) is 10.6 Å². The second kappa shape index (κ2) is 8.59. The van der Waals surface area contributed by atoms with E-state index in [1.807, 2.05) is 0 Å². The van der Waals surface area contributed by atoms with Crippen molar-refractivity contribution in [3.8, 4) is 0 Å². The highest BCUT2D eigenvalue weighted by Gasteiger charge is 2.27. The molecule has 0 spiro atoms. The Hall–Kier alpha value is -1.45. The smallest absolute Gasteiger partial charge is 0.252 e. The molecule has 1 aliphatic heterocycles. The monoisotopic (exact) mass is 373 g/mol. The first-order valence-corrected chi connectivity index (χ1v) is 10.3. The molecule has 2 rings (SSSR count). The van der Waals surface area contributed by atoms with Crippen LogP contribution >= 0.6 is 11.3 Å². The molecule has 7 nitrogen and oxygen atoms in total. The van der Waals surface area contributed by atoms with E-state index < -0.39 is 10.0 Å². The number of carbonyl (C=O) groups excluding carboxylic acids is 2. The van der Waals surface area contributed by atoms with Gasteiger partial charge in [-0.05, 0) is 25.0 Å². The van der Waals surface area contributed by atoms with Crippen LogP contribution in [0.1, 0.15) is 31.1 Å². The summed E-state index contributed by atoms with van der Waals surface area (Å²) in [7, 11) is -3.43. The average molecular weight is 374 g/mol. The fraction of sp³-hybridized carbons (Fsp3) is 0.600.